The predicted octanol–water partition coefficient (Wildman–Crippen LogP) is 3.96. The van der Waals surface area contributed by atoms with E-state index < -0.39 is 0 Å². The number of rotatable bonds is 7. The second-order valence-electron chi connectivity index (χ2n) is 6.98. The first-order chi connectivity index (χ1) is 13.6. The van der Waals surface area contributed by atoms with Gasteiger partial charge < -0.3 is 15.0 Å². The molecule has 0 bridgehead atoms. The summed E-state index contributed by atoms with van der Waals surface area (Å²) in [6.07, 6.45) is 4.69. The van der Waals surface area contributed by atoms with Crippen LogP contribution in [0.4, 0.5) is 5.69 Å². The Labute approximate surface area is 177 Å². The molecule has 1 aliphatic heterocycles. The molecule has 0 spiro atoms. The van der Waals surface area contributed by atoms with Gasteiger partial charge in [-0.15, -0.1) is 0 Å². The van der Waals surface area contributed by atoms with Crippen molar-refractivity contribution in [2.24, 2.45) is 0 Å². The maximum atomic E-state index is 6.14. The van der Waals surface area contributed by atoms with Crippen LogP contribution in [0.1, 0.15) is 17.5 Å². The second-order valence-corrected chi connectivity index (χ2v) is 7.77. The Morgan fingerprint density at radius 1 is 1.25 bits per heavy atom. The van der Waals surface area contributed by atoms with Gasteiger partial charge in [-0.3, -0.25) is 9.88 Å². The molecule has 1 aliphatic rings. The van der Waals surface area contributed by atoms with Gasteiger partial charge in [-0.2, -0.15) is 0 Å². The molecule has 0 atom stereocenters. The van der Waals surface area contributed by atoms with Gasteiger partial charge in [0, 0.05) is 55.8 Å². The molecule has 150 valence electrons. The van der Waals surface area contributed by atoms with Gasteiger partial charge in [0.25, 0.3) is 0 Å². The molecule has 7 heteroatoms. The Bertz CT molecular complexity index is 768. The van der Waals surface area contributed by atoms with Crippen molar-refractivity contribution in [1.29, 1.82) is 0 Å². The molecule has 0 amide bonds. The van der Waals surface area contributed by atoms with Gasteiger partial charge in [0.05, 0.1) is 13.2 Å². The van der Waals surface area contributed by atoms with E-state index in [0.717, 1.165) is 73.7 Å². The van der Waals surface area contributed by atoms with Gasteiger partial charge in [-0.25, -0.2) is 0 Å². The largest absolute Gasteiger partial charge is 0.379 e. The molecule has 0 unspecified atom stereocenters. The van der Waals surface area contributed by atoms with Crippen molar-refractivity contribution in [3.05, 3.63) is 58.9 Å². The molecule has 2 aromatic rings. The van der Waals surface area contributed by atoms with E-state index in [1.807, 2.05) is 49.6 Å². The molecule has 1 N–H and O–H groups in total. The third-order valence-corrected chi connectivity index (χ3v) is 5.61. The van der Waals surface area contributed by atoms with Crippen LogP contribution in [-0.4, -0.2) is 59.3 Å². The molecular formula is C21H27ClN4OS. The zero-order valence-electron chi connectivity index (χ0n) is 16.2. The highest BCUT2D eigenvalue weighted by molar-refractivity contribution is 7.80. The normalized spacial score (nSPS) is 14.6. The molecular weight excluding hydrogens is 392 g/mol. The van der Waals surface area contributed by atoms with Crippen LogP contribution in [0.2, 0.25) is 5.02 Å². The fourth-order valence-electron chi connectivity index (χ4n) is 3.20. The highest BCUT2D eigenvalue weighted by Gasteiger charge is 2.14. The fourth-order valence-corrected chi connectivity index (χ4v) is 3.59. The minimum Gasteiger partial charge on any atom is -0.379 e. The number of nitrogens with zero attached hydrogens (tertiary/aromatic N) is 3. The maximum absolute atomic E-state index is 6.14. The number of halogens is 1. The summed E-state index contributed by atoms with van der Waals surface area (Å²) in [5.41, 5.74) is 3.18. The number of aromatic nitrogens is 1. The quantitative estimate of drug-likeness (QED) is 0.686. The van der Waals surface area contributed by atoms with Crippen molar-refractivity contribution in [2.75, 3.05) is 44.7 Å². The van der Waals surface area contributed by atoms with Crippen molar-refractivity contribution < 1.29 is 4.74 Å². The number of benzene rings is 1. The summed E-state index contributed by atoms with van der Waals surface area (Å²) in [4.78, 5) is 8.78. The van der Waals surface area contributed by atoms with Gasteiger partial charge in [0.2, 0.25) is 0 Å². The summed E-state index contributed by atoms with van der Waals surface area (Å²) in [6, 6.07) is 9.94. The summed E-state index contributed by atoms with van der Waals surface area (Å²) in [7, 11) is 0. The Balaban J connectivity index is 1.61. The summed E-state index contributed by atoms with van der Waals surface area (Å²) < 4.78 is 5.43. The zero-order chi connectivity index (χ0) is 19.8. The molecule has 0 aliphatic carbocycles. The third kappa shape index (κ3) is 6.41. The van der Waals surface area contributed by atoms with Crippen LogP contribution in [0.3, 0.4) is 0 Å². The van der Waals surface area contributed by atoms with Crippen molar-refractivity contribution in [2.45, 2.75) is 19.9 Å². The lowest BCUT2D eigenvalue weighted by Crippen LogP contribution is -2.40. The van der Waals surface area contributed by atoms with Crippen molar-refractivity contribution >= 4 is 34.6 Å². The minimum atomic E-state index is 0.723. The van der Waals surface area contributed by atoms with E-state index >= 15 is 0 Å². The van der Waals surface area contributed by atoms with Crippen LogP contribution >= 0.6 is 23.8 Å². The zero-order valence-corrected chi connectivity index (χ0v) is 17.8. The number of ether oxygens (including phenoxy) is 1. The SMILES string of the molecule is Cc1cc(NC(=S)N(CCCN2CCOCC2)Cc2ccncc2)ccc1Cl. The van der Waals surface area contributed by atoms with Crippen LogP contribution in [0.15, 0.2) is 42.7 Å². The van der Waals surface area contributed by atoms with Crippen molar-refractivity contribution in [3.63, 3.8) is 0 Å². The number of aryl methyl sites for hydroxylation is 1. The molecule has 3 rings (SSSR count). The standard InChI is InChI=1S/C21H27ClN4OS/c1-17-15-19(3-4-20(17)22)24-21(28)26(16-18-5-7-23-8-6-18)10-2-9-25-11-13-27-14-12-25/h3-8,15H,2,9-14,16H2,1H3,(H,24,28). The van der Waals surface area contributed by atoms with Crippen LogP contribution < -0.4 is 5.32 Å². The van der Waals surface area contributed by atoms with E-state index in [2.05, 4.69) is 20.1 Å². The lowest BCUT2D eigenvalue weighted by molar-refractivity contribution is 0.0368. The summed E-state index contributed by atoms with van der Waals surface area (Å²) in [6.45, 7) is 8.37. The number of hydrogen-bond acceptors (Lipinski definition) is 4. The highest BCUT2D eigenvalue weighted by atomic mass is 35.5. The molecule has 5 nitrogen and oxygen atoms in total. The average Bonchev–Trinajstić information content (AvgIpc) is 2.71. The first-order valence-corrected chi connectivity index (χ1v) is 10.4. The number of pyridine rings is 1. The van der Waals surface area contributed by atoms with E-state index in [9.17, 15) is 0 Å². The molecule has 28 heavy (non-hydrogen) atoms. The van der Waals surface area contributed by atoms with Gasteiger partial charge in [0.15, 0.2) is 5.11 Å². The first kappa shape index (κ1) is 21.0. The molecule has 0 radical (unpaired) electrons. The molecule has 1 saturated heterocycles. The van der Waals surface area contributed by atoms with Gasteiger partial charge >= 0.3 is 0 Å². The number of thiocarbonyl (C=S) groups is 1. The van der Waals surface area contributed by atoms with Gasteiger partial charge in [-0.05, 0) is 67.0 Å². The number of anilines is 1. The third-order valence-electron chi connectivity index (χ3n) is 4.83. The monoisotopic (exact) mass is 418 g/mol. The topological polar surface area (TPSA) is 40.6 Å². The number of nitrogens with one attached hydrogen (secondary N) is 1. The van der Waals surface area contributed by atoms with Crippen molar-refractivity contribution in [3.8, 4) is 0 Å². The predicted molar refractivity (Wildman–Crippen MR) is 119 cm³/mol. The highest BCUT2D eigenvalue weighted by Crippen LogP contribution is 2.20. The molecule has 1 aromatic heterocycles. The van der Waals surface area contributed by atoms with Gasteiger partial charge in [-0.1, -0.05) is 11.6 Å². The van der Waals surface area contributed by atoms with Crippen LogP contribution in [-0.2, 0) is 11.3 Å². The van der Waals surface area contributed by atoms with Gasteiger partial charge in [0.1, 0.15) is 0 Å². The average molecular weight is 419 g/mol. The number of morpholine rings is 1. The fraction of sp³-hybridized carbons (Fsp3) is 0.429. The van der Waals surface area contributed by atoms with Crippen molar-refractivity contribution in [1.82, 2.24) is 14.8 Å². The van der Waals surface area contributed by atoms with Crippen LogP contribution in [0.5, 0.6) is 0 Å². The second kappa shape index (κ2) is 10.7. The molecule has 0 saturated carbocycles. The Hall–Kier alpha value is -1.73. The summed E-state index contributed by atoms with van der Waals surface area (Å²) >= 11 is 11.9. The first-order valence-electron chi connectivity index (χ1n) is 9.63. The van der Waals surface area contributed by atoms with E-state index in [0.29, 0.717) is 0 Å². The molecule has 1 fully saturated rings. The minimum absolute atomic E-state index is 0.723. The van der Waals surface area contributed by atoms with Crippen LogP contribution in [0, 0.1) is 6.92 Å². The Morgan fingerprint density at radius 2 is 2.00 bits per heavy atom. The Kier molecular flexibility index (Phi) is 8.03. The van der Waals surface area contributed by atoms with E-state index in [1.54, 1.807) is 0 Å². The van der Waals surface area contributed by atoms with Crippen LogP contribution in [0.25, 0.3) is 0 Å². The lowest BCUT2D eigenvalue weighted by atomic mass is 10.2. The van der Waals surface area contributed by atoms with E-state index in [4.69, 9.17) is 28.6 Å². The van der Waals surface area contributed by atoms with E-state index in [-0.39, 0.29) is 0 Å². The smallest absolute Gasteiger partial charge is 0.173 e. The Morgan fingerprint density at radius 3 is 2.71 bits per heavy atom. The lowest BCUT2D eigenvalue weighted by Gasteiger charge is -2.29. The number of hydrogen-bond donors (Lipinski definition) is 1. The molecule has 2 heterocycles. The summed E-state index contributed by atoms with van der Waals surface area (Å²) in [5.74, 6) is 0. The molecule has 1 aromatic carbocycles. The maximum Gasteiger partial charge on any atom is 0.173 e. The summed E-state index contributed by atoms with van der Waals surface area (Å²) in [5, 5.41) is 4.85. The van der Waals surface area contributed by atoms with E-state index in [1.165, 1.54) is 5.56 Å².